The van der Waals surface area contributed by atoms with Crippen molar-refractivity contribution in [2.45, 2.75) is 64.6 Å². The first-order valence-electron chi connectivity index (χ1n) is 7.86. The summed E-state index contributed by atoms with van der Waals surface area (Å²) in [7, 11) is 0. The molecule has 1 atom stereocenters. The van der Waals surface area contributed by atoms with Gasteiger partial charge in [-0.2, -0.15) is 0 Å². The molecule has 1 aromatic rings. The van der Waals surface area contributed by atoms with Crippen LogP contribution >= 0.6 is 0 Å². The maximum absolute atomic E-state index is 12.2. The van der Waals surface area contributed by atoms with Gasteiger partial charge in [0.1, 0.15) is 5.75 Å². The molecule has 4 nitrogen and oxygen atoms in total. The maximum atomic E-state index is 12.2. The van der Waals surface area contributed by atoms with Crippen molar-refractivity contribution in [2.24, 2.45) is 5.73 Å². The number of hydrogen-bond donors (Lipinski definition) is 2. The van der Waals surface area contributed by atoms with Crippen molar-refractivity contribution in [2.75, 3.05) is 0 Å². The van der Waals surface area contributed by atoms with Gasteiger partial charge in [0.25, 0.3) is 5.91 Å². The summed E-state index contributed by atoms with van der Waals surface area (Å²) in [6, 6.07) is 6.19. The van der Waals surface area contributed by atoms with Crippen LogP contribution in [0.2, 0.25) is 0 Å². The van der Waals surface area contributed by atoms with Gasteiger partial charge in [0.2, 0.25) is 0 Å². The molecule has 0 heterocycles. The number of amides is 1. The minimum Gasteiger partial charge on any atom is -0.481 e. The highest BCUT2D eigenvalue weighted by Crippen LogP contribution is 2.21. The Kier molecular flexibility index (Phi) is 5.62. The molecule has 116 valence electrons. The maximum Gasteiger partial charge on any atom is 0.260 e. The van der Waals surface area contributed by atoms with Crippen molar-refractivity contribution < 1.29 is 9.53 Å². The second-order valence-electron chi connectivity index (χ2n) is 5.91. The molecule has 1 unspecified atom stereocenters. The van der Waals surface area contributed by atoms with E-state index in [0.29, 0.717) is 12.6 Å². The van der Waals surface area contributed by atoms with E-state index in [1.807, 2.05) is 25.1 Å². The van der Waals surface area contributed by atoms with Crippen molar-refractivity contribution in [1.82, 2.24) is 5.32 Å². The van der Waals surface area contributed by atoms with Crippen molar-refractivity contribution in [3.63, 3.8) is 0 Å². The summed E-state index contributed by atoms with van der Waals surface area (Å²) >= 11 is 0. The van der Waals surface area contributed by atoms with E-state index in [-0.39, 0.29) is 5.91 Å². The van der Waals surface area contributed by atoms with Crippen LogP contribution in [-0.4, -0.2) is 18.1 Å². The van der Waals surface area contributed by atoms with Gasteiger partial charge in [-0.15, -0.1) is 0 Å². The number of hydrogen-bond acceptors (Lipinski definition) is 3. The third kappa shape index (κ3) is 4.46. The number of carbonyl (C=O) groups excluding carboxylic acids is 1. The van der Waals surface area contributed by atoms with Crippen LogP contribution in [0, 0.1) is 6.92 Å². The van der Waals surface area contributed by atoms with Crippen LogP contribution in [0.3, 0.4) is 0 Å². The standard InChI is InChI=1S/C17H26N2O2/c1-12-8-9-14(11-18)10-16(12)21-13(2)17(20)19-15-6-4-3-5-7-15/h8-10,13,15H,3-7,11,18H2,1-2H3,(H,19,20). The molecule has 0 radical (unpaired) electrons. The topological polar surface area (TPSA) is 64.3 Å². The molecule has 0 spiro atoms. The summed E-state index contributed by atoms with van der Waals surface area (Å²) in [5, 5.41) is 3.10. The Labute approximate surface area is 127 Å². The van der Waals surface area contributed by atoms with Crippen LogP contribution in [0.25, 0.3) is 0 Å². The Morgan fingerprint density at radius 3 is 2.76 bits per heavy atom. The van der Waals surface area contributed by atoms with Gasteiger partial charge < -0.3 is 15.8 Å². The second-order valence-corrected chi connectivity index (χ2v) is 5.91. The van der Waals surface area contributed by atoms with E-state index in [4.69, 9.17) is 10.5 Å². The lowest BCUT2D eigenvalue weighted by molar-refractivity contribution is -0.128. The molecule has 21 heavy (non-hydrogen) atoms. The van der Waals surface area contributed by atoms with Gasteiger partial charge >= 0.3 is 0 Å². The molecule has 1 aliphatic rings. The van der Waals surface area contributed by atoms with Crippen molar-refractivity contribution in [1.29, 1.82) is 0 Å². The minimum atomic E-state index is -0.487. The molecular formula is C17H26N2O2. The Bertz CT molecular complexity index is 482. The fraction of sp³-hybridized carbons (Fsp3) is 0.588. The van der Waals surface area contributed by atoms with E-state index in [2.05, 4.69) is 5.32 Å². The normalized spacial score (nSPS) is 17.3. The van der Waals surface area contributed by atoms with Gasteiger partial charge in [0.05, 0.1) is 0 Å². The van der Waals surface area contributed by atoms with Crippen molar-refractivity contribution in [3.05, 3.63) is 29.3 Å². The zero-order valence-electron chi connectivity index (χ0n) is 13.0. The molecule has 0 bridgehead atoms. The number of aryl methyl sites for hydroxylation is 1. The summed E-state index contributed by atoms with van der Waals surface area (Å²) in [6.07, 6.45) is 5.37. The van der Waals surface area contributed by atoms with Crippen LogP contribution in [0.15, 0.2) is 18.2 Å². The molecule has 1 aromatic carbocycles. The Morgan fingerprint density at radius 1 is 1.38 bits per heavy atom. The molecule has 1 saturated carbocycles. The number of benzene rings is 1. The average molecular weight is 290 g/mol. The zero-order valence-corrected chi connectivity index (χ0v) is 13.0. The van der Waals surface area contributed by atoms with Crippen molar-refractivity contribution >= 4 is 5.91 Å². The van der Waals surface area contributed by atoms with Crippen LogP contribution in [0.5, 0.6) is 5.75 Å². The van der Waals surface area contributed by atoms with E-state index in [1.165, 1.54) is 19.3 Å². The molecule has 0 saturated heterocycles. The van der Waals surface area contributed by atoms with E-state index >= 15 is 0 Å². The lowest BCUT2D eigenvalue weighted by Crippen LogP contribution is -2.43. The Hall–Kier alpha value is -1.55. The van der Waals surface area contributed by atoms with Gasteiger partial charge in [-0.1, -0.05) is 31.4 Å². The average Bonchev–Trinajstić information content (AvgIpc) is 2.50. The van der Waals surface area contributed by atoms with Crippen LogP contribution < -0.4 is 15.8 Å². The first kappa shape index (κ1) is 15.8. The van der Waals surface area contributed by atoms with Gasteiger partial charge in [-0.3, -0.25) is 4.79 Å². The monoisotopic (exact) mass is 290 g/mol. The van der Waals surface area contributed by atoms with E-state index < -0.39 is 6.10 Å². The van der Waals surface area contributed by atoms with E-state index in [0.717, 1.165) is 29.7 Å². The van der Waals surface area contributed by atoms with Gasteiger partial charge in [0.15, 0.2) is 6.10 Å². The van der Waals surface area contributed by atoms with Crippen LogP contribution in [0.4, 0.5) is 0 Å². The number of nitrogens with two attached hydrogens (primary N) is 1. The summed E-state index contributed by atoms with van der Waals surface area (Å²) < 4.78 is 5.82. The molecule has 2 rings (SSSR count). The first-order valence-corrected chi connectivity index (χ1v) is 7.86. The first-order chi connectivity index (χ1) is 10.1. The molecule has 1 aliphatic carbocycles. The molecular weight excluding hydrogens is 264 g/mol. The summed E-state index contributed by atoms with van der Waals surface area (Å²) in [5.74, 6) is 0.712. The number of rotatable bonds is 5. The lowest BCUT2D eigenvalue weighted by atomic mass is 9.95. The highest BCUT2D eigenvalue weighted by atomic mass is 16.5. The Morgan fingerprint density at radius 2 is 2.10 bits per heavy atom. The summed E-state index contributed by atoms with van der Waals surface area (Å²) in [4.78, 5) is 12.2. The minimum absolute atomic E-state index is 0.0283. The SMILES string of the molecule is Cc1ccc(CN)cc1OC(C)C(=O)NC1CCCCC1. The Balaban J connectivity index is 1.93. The fourth-order valence-corrected chi connectivity index (χ4v) is 2.71. The smallest absolute Gasteiger partial charge is 0.260 e. The lowest BCUT2D eigenvalue weighted by Gasteiger charge is -2.25. The predicted octanol–water partition coefficient (Wildman–Crippen LogP) is 2.67. The molecule has 4 heteroatoms. The van der Waals surface area contributed by atoms with E-state index in [1.54, 1.807) is 6.92 Å². The second kappa shape index (κ2) is 7.46. The zero-order chi connectivity index (χ0) is 15.2. The molecule has 1 amide bonds. The third-order valence-corrected chi connectivity index (χ3v) is 4.11. The van der Waals surface area contributed by atoms with Crippen LogP contribution in [-0.2, 0) is 11.3 Å². The molecule has 0 aromatic heterocycles. The van der Waals surface area contributed by atoms with Gasteiger partial charge in [-0.25, -0.2) is 0 Å². The highest BCUT2D eigenvalue weighted by Gasteiger charge is 2.21. The van der Waals surface area contributed by atoms with Gasteiger partial charge in [-0.05, 0) is 43.9 Å². The molecule has 3 N–H and O–H groups in total. The number of nitrogens with one attached hydrogen (secondary N) is 1. The summed E-state index contributed by atoms with van der Waals surface area (Å²) in [5.41, 5.74) is 7.68. The highest BCUT2D eigenvalue weighted by molar-refractivity contribution is 5.81. The molecule has 0 aliphatic heterocycles. The van der Waals surface area contributed by atoms with Crippen LogP contribution in [0.1, 0.15) is 50.2 Å². The molecule has 1 fully saturated rings. The largest absolute Gasteiger partial charge is 0.481 e. The van der Waals surface area contributed by atoms with Crippen molar-refractivity contribution in [3.8, 4) is 5.75 Å². The fourth-order valence-electron chi connectivity index (χ4n) is 2.71. The number of ether oxygens (including phenoxy) is 1. The predicted molar refractivity (Wildman–Crippen MR) is 84.2 cm³/mol. The summed E-state index contributed by atoms with van der Waals surface area (Å²) in [6.45, 7) is 4.24. The third-order valence-electron chi connectivity index (χ3n) is 4.11. The number of carbonyl (C=O) groups is 1. The van der Waals surface area contributed by atoms with E-state index in [9.17, 15) is 4.79 Å². The van der Waals surface area contributed by atoms with Gasteiger partial charge in [0, 0.05) is 12.6 Å². The quantitative estimate of drug-likeness (QED) is 0.876.